The average molecular weight is 260 g/mol. The molecule has 1 aromatic rings. The number of rotatable bonds is 1. The first-order chi connectivity index (χ1) is 6.16. The maximum Gasteiger partial charge on any atom is 0.257 e. The zero-order chi connectivity index (χ0) is 9.42. The largest absolute Gasteiger partial charge is 0.370 e. The smallest absolute Gasteiger partial charge is 0.257 e. The molecule has 68 valence electrons. The Kier molecular flexibility index (Phi) is 2.09. The lowest BCUT2D eigenvalue weighted by Gasteiger charge is -1.98. The minimum Gasteiger partial charge on any atom is -0.370 e. The third-order valence-corrected chi connectivity index (χ3v) is 3.37. The van der Waals surface area contributed by atoms with Gasteiger partial charge in [0.05, 0.1) is 0 Å². The third-order valence-electron chi connectivity index (χ3n) is 1.63. The summed E-state index contributed by atoms with van der Waals surface area (Å²) >= 11 is 4.80. The number of carbonyl (C=O) groups is 1. The summed E-state index contributed by atoms with van der Waals surface area (Å²) in [5.41, 5.74) is 5.37. The highest BCUT2D eigenvalue weighted by molar-refractivity contribution is 9.10. The van der Waals surface area contributed by atoms with Crippen LogP contribution in [0.5, 0.6) is 0 Å². The van der Waals surface area contributed by atoms with Gasteiger partial charge in [0.15, 0.2) is 12.0 Å². The molecule has 1 unspecified atom stereocenters. The average Bonchev–Trinajstić information content (AvgIpc) is 2.58. The van der Waals surface area contributed by atoms with Crippen molar-refractivity contribution in [1.29, 1.82) is 0 Å². The topological polar surface area (TPSA) is 67.5 Å². The van der Waals surface area contributed by atoms with Crippen molar-refractivity contribution in [2.24, 2.45) is 10.7 Å². The number of nitrogens with one attached hydrogen (secondary N) is 1. The van der Waals surface area contributed by atoms with Gasteiger partial charge in [0.25, 0.3) is 5.91 Å². The zero-order valence-corrected chi connectivity index (χ0v) is 8.85. The lowest BCUT2D eigenvalue weighted by atomic mass is 10.2. The van der Waals surface area contributed by atoms with E-state index in [1.165, 1.54) is 11.3 Å². The number of amides is 1. The predicted molar refractivity (Wildman–Crippen MR) is 54.5 cm³/mol. The van der Waals surface area contributed by atoms with Crippen molar-refractivity contribution in [3.05, 3.63) is 20.8 Å². The van der Waals surface area contributed by atoms with Gasteiger partial charge in [-0.15, -0.1) is 11.3 Å². The van der Waals surface area contributed by atoms with Gasteiger partial charge in [-0.2, -0.15) is 0 Å². The Labute approximate surface area is 87.0 Å². The van der Waals surface area contributed by atoms with Gasteiger partial charge in [-0.05, 0) is 22.0 Å². The number of nitrogens with two attached hydrogens (primary N) is 1. The van der Waals surface area contributed by atoms with Crippen molar-refractivity contribution in [3.63, 3.8) is 0 Å². The van der Waals surface area contributed by atoms with Gasteiger partial charge in [0.1, 0.15) is 0 Å². The van der Waals surface area contributed by atoms with E-state index in [9.17, 15) is 4.79 Å². The summed E-state index contributed by atoms with van der Waals surface area (Å²) in [7, 11) is 0. The standard InChI is InChI=1S/C7H6BrN3OS/c8-3-1-4(13-2-3)5-6(12)11-7(9)10-5/h1-2,5H,(H3,9,10,11,12). The summed E-state index contributed by atoms with van der Waals surface area (Å²) < 4.78 is 0.959. The van der Waals surface area contributed by atoms with E-state index in [1.54, 1.807) is 0 Å². The van der Waals surface area contributed by atoms with Crippen LogP contribution in [-0.2, 0) is 4.79 Å². The van der Waals surface area contributed by atoms with Gasteiger partial charge in [-0.25, -0.2) is 4.99 Å². The van der Waals surface area contributed by atoms with Crippen LogP contribution in [0.1, 0.15) is 10.9 Å². The molecule has 2 rings (SSSR count). The molecule has 1 aliphatic rings. The van der Waals surface area contributed by atoms with E-state index in [-0.39, 0.29) is 11.9 Å². The monoisotopic (exact) mass is 259 g/mol. The molecule has 0 fully saturated rings. The second-order valence-electron chi connectivity index (χ2n) is 2.57. The lowest BCUT2D eigenvalue weighted by Crippen LogP contribution is -2.31. The van der Waals surface area contributed by atoms with Crippen LogP contribution in [-0.4, -0.2) is 11.9 Å². The quantitative estimate of drug-likeness (QED) is 0.790. The number of nitrogens with zero attached hydrogens (tertiary/aromatic N) is 1. The van der Waals surface area contributed by atoms with Crippen LogP contribution in [0.4, 0.5) is 0 Å². The summed E-state index contributed by atoms with van der Waals surface area (Å²) in [6.45, 7) is 0. The molecule has 0 bridgehead atoms. The lowest BCUT2D eigenvalue weighted by molar-refractivity contribution is -0.120. The molecule has 0 aromatic carbocycles. The fourth-order valence-corrected chi connectivity index (χ4v) is 2.57. The summed E-state index contributed by atoms with van der Waals surface area (Å²) in [6, 6.07) is 1.41. The molecular formula is C7H6BrN3OS. The molecular weight excluding hydrogens is 254 g/mol. The normalized spacial score (nSPS) is 21.5. The number of carbonyl (C=O) groups excluding carboxylic acids is 1. The Morgan fingerprint density at radius 3 is 2.92 bits per heavy atom. The van der Waals surface area contributed by atoms with E-state index in [0.717, 1.165) is 9.35 Å². The van der Waals surface area contributed by atoms with Crippen molar-refractivity contribution >= 4 is 39.1 Å². The molecule has 1 aliphatic heterocycles. The Balaban J connectivity index is 2.32. The first-order valence-corrected chi connectivity index (χ1v) is 5.22. The van der Waals surface area contributed by atoms with E-state index in [0.29, 0.717) is 0 Å². The van der Waals surface area contributed by atoms with Gasteiger partial charge >= 0.3 is 0 Å². The van der Waals surface area contributed by atoms with E-state index in [4.69, 9.17) is 5.73 Å². The molecule has 13 heavy (non-hydrogen) atoms. The van der Waals surface area contributed by atoms with Gasteiger partial charge in [-0.3, -0.25) is 10.1 Å². The van der Waals surface area contributed by atoms with Crippen molar-refractivity contribution in [2.75, 3.05) is 0 Å². The minimum atomic E-state index is -0.462. The highest BCUT2D eigenvalue weighted by atomic mass is 79.9. The van der Waals surface area contributed by atoms with E-state index < -0.39 is 6.04 Å². The summed E-state index contributed by atoms with van der Waals surface area (Å²) in [6.07, 6.45) is 0. The van der Waals surface area contributed by atoms with Gasteiger partial charge in [0, 0.05) is 14.7 Å². The Hall–Kier alpha value is -0.880. The fourth-order valence-electron chi connectivity index (χ4n) is 1.09. The van der Waals surface area contributed by atoms with Crippen molar-refractivity contribution in [3.8, 4) is 0 Å². The second-order valence-corrected chi connectivity index (χ2v) is 4.43. The van der Waals surface area contributed by atoms with Crippen molar-refractivity contribution in [2.45, 2.75) is 6.04 Å². The van der Waals surface area contributed by atoms with Gasteiger partial charge in [-0.1, -0.05) is 0 Å². The first kappa shape index (κ1) is 8.71. The van der Waals surface area contributed by atoms with Crippen LogP contribution in [0.3, 0.4) is 0 Å². The molecule has 0 saturated heterocycles. The number of hydrogen-bond acceptors (Lipinski definition) is 4. The molecule has 0 aliphatic carbocycles. The SMILES string of the molecule is NC1=NC(c2cc(Br)cs2)C(=O)N1. The maximum absolute atomic E-state index is 11.3. The fraction of sp³-hybridized carbons (Fsp3) is 0.143. The molecule has 1 amide bonds. The molecule has 6 heteroatoms. The molecule has 0 saturated carbocycles. The molecule has 3 N–H and O–H groups in total. The van der Waals surface area contributed by atoms with Crippen LogP contribution >= 0.6 is 27.3 Å². The molecule has 1 aromatic heterocycles. The van der Waals surface area contributed by atoms with E-state index >= 15 is 0 Å². The van der Waals surface area contributed by atoms with E-state index in [2.05, 4.69) is 26.2 Å². The minimum absolute atomic E-state index is 0.160. The molecule has 0 spiro atoms. The zero-order valence-electron chi connectivity index (χ0n) is 6.45. The summed E-state index contributed by atoms with van der Waals surface area (Å²) in [5, 5.41) is 4.36. The van der Waals surface area contributed by atoms with Crippen LogP contribution in [0.15, 0.2) is 20.9 Å². The molecule has 0 radical (unpaired) electrons. The highest BCUT2D eigenvalue weighted by Gasteiger charge is 2.27. The van der Waals surface area contributed by atoms with Crippen molar-refractivity contribution < 1.29 is 4.79 Å². The Morgan fingerprint density at radius 1 is 1.69 bits per heavy atom. The number of halogens is 1. The Bertz CT molecular complexity index is 387. The van der Waals surface area contributed by atoms with Gasteiger partial charge in [0.2, 0.25) is 0 Å². The first-order valence-electron chi connectivity index (χ1n) is 3.55. The van der Waals surface area contributed by atoms with Gasteiger partial charge < -0.3 is 5.73 Å². The number of hydrogen-bond donors (Lipinski definition) is 2. The number of thiophene rings is 1. The highest BCUT2D eigenvalue weighted by Crippen LogP contribution is 2.29. The van der Waals surface area contributed by atoms with Crippen LogP contribution < -0.4 is 11.1 Å². The molecule has 2 heterocycles. The predicted octanol–water partition coefficient (Wildman–Crippen LogP) is 0.996. The third kappa shape index (κ3) is 1.59. The second kappa shape index (κ2) is 3.12. The number of guanidine groups is 1. The number of aliphatic imine (C=N–C) groups is 1. The van der Waals surface area contributed by atoms with Crippen LogP contribution in [0, 0.1) is 0 Å². The van der Waals surface area contributed by atoms with Crippen LogP contribution in [0.25, 0.3) is 0 Å². The van der Waals surface area contributed by atoms with Crippen molar-refractivity contribution in [1.82, 2.24) is 5.32 Å². The molecule has 1 atom stereocenters. The molecule has 4 nitrogen and oxygen atoms in total. The van der Waals surface area contributed by atoms with E-state index in [1.807, 2.05) is 11.4 Å². The van der Waals surface area contributed by atoms with Crippen LogP contribution in [0.2, 0.25) is 0 Å². The Morgan fingerprint density at radius 2 is 2.46 bits per heavy atom. The summed E-state index contributed by atoms with van der Waals surface area (Å²) in [4.78, 5) is 16.1. The summed E-state index contributed by atoms with van der Waals surface area (Å²) in [5.74, 6) is 0.0337. The maximum atomic E-state index is 11.3.